The van der Waals surface area contributed by atoms with E-state index in [9.17, 15) is 4.79 Å². The molecule has 3 aromatic carbocycles. The second-order valence-electron chi connectivity index (χ2n) is 9.27. The molecule has 2 atom stereocenters. The van der Waals surface area contributed by atoms with Crippen molar-refractivity contribution in [3.05, 3.63) is 107 Å². The molecule has 1 amide bonds. The minimum absolute atomic E-state index is 0.0595. The highest BCUT2D eigenvalue weighted by molar-refractivity contribution is 5.88. The Bertz CT molecular complexity index is 1140. The molecule has 190 valence electrons. The van der Waals surface area contributed by atoms with Crippen molar-refractivity contribution in [2.75, 3.05) is 18.5 Å². The van der Waals surface area contributed by atoms with Crippen LogP contribution in [0.1, 0.15) is 65.8 Å². The number of unbranched alkanes of at least 4 members (excludes halogenated alkanes) is 2. The van der Waals surface area contributed by atoms with Gasteiger partial charge in [-0.25, -0.2) is 0 Å². The quantitative estimate of drug-likeness (QED) is 0.247. The lowest BCUT2D eigenvalue weighted by Crippen LogP contribution is -2.25. The highest BCUT2D eigenvalue weighted by atomic mass is 16.5. The Balaban J connectivity index is 0.00000115. The summed E-state index contributed by atoms with van der Waals surface area (Å²) in [5.74, 6) is 1.34. The SMILES string of the molecule is C=CO.CC(=O)Nc1ccc(C2c3ccc(CCCCCN)cc3OCC2c2cccc(C)c2)cc1. The largest absolute Gasteiger partial charge is 0.516 e. The van der Waals surface area contributed by atoms with E-state index in [-0.39, 0.29) is 17.7 Å². The van der Waals surface area contributed by atoms with Gasteiger partial charge in [-0.05, 0) is 67.6 Å². The summed E-state index contributed by atoms with van der Waals surface area (Å²) >= 11 is 0. The number of nitrogens with two attached hydrogens (primary N) is 1. The molecule has 1 heterocycles. The molecule has 5 nitrogen and oxygen atoms in total. The van der Waals surface area contributed by atoms with Gasteiger partial charge in [0.15, 0.2) is 0 Å². The van der Waals surface area contributed by atoms with Crippen LogP contribution in [0.5, 0.6) is 5.75 Å². The number of nitrogens with one attached hydrogen (secondary N) is 1. The number of aryl methyl sites for hydroxylation is 2. The van der Waals surface area contributed by atoms with Gasteiger partial charge in [0.05, 0.1) is 12.9 Å². The minimum atomic E-state index is -0.0595. The normalized spacial score (nSPS) is 16.1. The molecule has 0 bridgehead atoms. The zero-order valence-corrected chi connectivity index (χ0v) is 21.4. The van der Waals surface area contributed by atoms with Crippen LogP contribution in [0.2, 0.25) is 0 Å². The molecule has 3 aromatic rings. The summed E-state index contributed by atoms with van der Waals surface area (Å²) in [6.45, 7) is 7.99. The van der Waals surface area contributed by atoms with Crippen LogP contribution in [0.25, 0.3) is 0 Å². The van der Waals surface area contributed by atoms with Crippen molar-refractivity contribution in [2.24, 2.45) is 5.73 Å². The molecule has 36 heavy (non-hydrogen) atoms. The fourth-order valence-electron chi connectivity index (χ4n) is 4.84. The van der Waals surface area contributed by atoms with Crippen molar-refractivity contribution in [3.8, 4) is 5.75 Å². The molecule has 1 aliphatic heterocycles. The Morgan fingerprint density at radius 3 is 2.50 bits per heavy atom. The Labute approximate surface area is 215 Å². The second-order valence-corrected chi connectivity index (χ2v) is 9.27. The Kier molecular flexibility index (Phi) is 10.1. The van der Waals surface area contributed by atoms with E-state index in [4.69, 9.17) is 15.6 Å². The van der Waals surface area contributed by atoms with Crippen LogP contribution in [-0.2, 0) is 11.2 Å². The number of carbonyl (C=O) groups excluding carboxylic acids is 1. The molecule has 0 radical (unpaired) electrons. The number of hydrogen-bond donors (Lipinski definition) is 3. The van der Waals surface area contributed by atoms with Crippen molar-refractivity contribution in [1.82, 2.24) is 0 Å². The average molecular weight is 487 g/mol. The summed E-state index contributed by atoms with van der Waals surface area (Å²) in [7, 11) is 0. The molecule has 4 N–H and O–H groups in total. The van der Waals surface area contributed by atoms with Gasteiger partial charge < -0.3 is 20.9 Å². The molecule has 0 saturated carbocycles. The first kappa shape index (κ1) is 27.0. The molecular formula is C31H38N2O3. The molecule has 0 spiro atoms. The van der Waals surface area contributed by atoms with Crippen LogP contribution < -0.4 is 15.8 Å². The van der Waals surface area contributed by atoms with Crippen LogP contribution in [0.3, 0.4) is 0 Å². The molecular weight excluding hydrogens is 448 g/mol. The fraction of sp³-hybridized carbons (Fsp3) is 0.323. The number of fused-ring (bicyclic) bond motifs is 1. The summed E-state index contributed by atoms with van der Waals surface area (Å²) < 4.78 is 6.35. The zero-order chi connectivity index (χ0) is 25.9. The molecule has 0 aromatic heterocycles. The number of benzene rings is 3. The Morgan fingerprint density at radius 2 is 1.83 bits per heavy atom. The van der Waals surface area contributed by atoms with Gasteiger partial charge in [0.25, 0.3) is 0 Å². The van der Waals surface area contributed by atoms with Crippen molar-refractivity contribution in [2.45, 2.75) is 51.4 Å². The lowest BCUT2D eigenvalue weighted by molar-refractivity contribution is -0.114. The molecule has 0 fully saturated rings. The van der Waals surface area contributed by atoms with E-state index in [1.54, 1.807) is 0 Å². The number of aliphatic hydroxyl groups excluding tert-OH is 1. The molecule has 1 aliphatic rings. The first-order chi connectivity index (χ1) is 17.5. The first-order valence-corrected chi connectivity index (χ1v) is 12.6. The number of aliphatic hydroxyl groups is 1. The number of rotatable bonds is 8. The van der Waals surface area contributed by atoms with Gasteiger partial charge in [-0.1, -0.05) is 67.1 Å². The number of ether oxygens (including phenoxy) is 1. The molecule has 0 aliphatic carbocycles. The van der Waals surface area contributed by atoms with Gasteiger partial charge in [0.1, 0.15) is 5.75 Å². The van der Waals surface area contributed by atoms with Crippen LogP contribution in [0.4, 0.5) is 5.69 Å². The predicted molar refractivity (Wildman–Crippen MR) is 148 cm³/mol. The summed E-state index contributed by atoms with van der Waals surface area (Å²) in [5, 5.41) is 10.2. The highest BCUT2D eigenvalue weighted by Gasteiger charge is 2.33. The van der Waals surface area contributed by atoms with E-state index in [1.807, 2.05) is 12.1 Å². The summed E-state index contributed by atoms with van der Waals surface area (Å²) in [5.41, 5.74) is 12.8. The summed E-state index contributed by atoms with van der Waals surface area (Å²) in [6, 6.07) is 23.7. The van der Waals surface area contributed by atoms with Gasteiger partial charge >= 0.3 is 0 Å². The number of hydrogen-bond acceptors (Lipinski definition) is 4. The van der Waals surface area contributed by atoms with Crippen LogP contribution in [0, 0.1) is 6.92 Å². The third-order valence-electron chi connectivity index (χ3n) is 6.46. The van der Waals surface area contributed by atoms with Crippen LogP contribution in [-0.4, -0.2) is 24.2 Å². The zero-order valence-electron chi connectivity index (χ0n) is 21.4. The van der Waals surface area contributed by atoms with Gasteiger partial charge in [-0.2, -0.15) is 0 Å². The predicted octanol–water partition coefficient (Wildman–Crippen LogP) is 6.62. The van der Waals surface area contributed by atoms with Crippen molar-refractivity contribution in [1.29, 1.82) is 0 Å². The Morgan fingerprint density at radius 1 is 1.08 bits per heavy atom. The Hall–Kier alpha value is -3.57. The fourth-order valence-corrected chi connectivity index (χ4v) is 4.84. The monoisotopic (exact) mass is 486 g/mol. The number of amides is 1. The van der Waals surface area contributed by atoms with Crippen molar-refractivity contribution >= 4 is 11.6 Å². The molecule has 5 heteroatoms. The van der Waals surface area contributed by atoms with Crippen LogP contribution in [0.15, 0.2) is 79.6 Å². The minimum Gasteiger partial charge on any atom is -0.516 e. The van der Waals surface area contributed by atoms with E-state index < -0.39 is 0 Å². The van der Waals surface area contributed by atoms with E-state index in [1.165, 1.54) is 34.7 Å². The highest BCUT2D eigenvalue weighted by Crippen LogP contribution is 2.46. The van der Waals surface area contributed by atoms with E-state index in [2.05, 4.69) is 73.4 Å². The average Bonchev–Trinajstić information content (AvgIpc) is 2.86. The molecule has 2 unspecified atom stereocenters. The summed E-state index contributed by atoms with van der Waals surface area (Å²) in [4.78, 5) is 11.4. The molecule has 0 saturated heterocycles. The number of carbonyl (C=O) groups is 1. The maximum Gasteiger partial charge on any atom is 0.221 e. The van der Waals surface area contributed by atoms with E-state index in [0.29, 0.717) is 6.61 Å². The maximum absolute atomic E-state index is 11.4. The van der Waals surface area contributed by atoms with Gasteiger partial charge in [0.2, 0.25) is 5.91 Å². The van der Waals surface area contributed by atoms with Crippen LogP contribution >= 0.6 is 0 Å². The van der Waals surface area contributed by atoms with Crippen molar-refractivity contribution < 1.29 is 14.6 Å². The third kappa shape index (κ3) is 7.22. The van der Waals surface area contributed by atoms with Crippen molar-refractivity contribution in [3.63, 3.8) is 0 Å². The topological polar surface area (TPSA) is 84.6 Å². The van der Waals surface area contributed by atoms with Gasteiger partial charge in [0, 0.05) is 30.0 Å². The number of anilines is 1. The lowest BCUT2D eigenvalue weighted by Gasteiger charge is -2.35. The smallest absolute Gasteiger partial charge is 0.221 e. The lowest BCUT2D eigenvalue weighted by atomic mass is 9.75. The molecule has 4 rings (SSSR count). The third-order valence-corrected chi connectivity index (χ3v) is 6.46. The van der Waals surface area contributed by atoms with E-state index >= 15 is 0 Å². The first-order valence-electron chi connectivity index (χ1n) is 12.6. The van der Waals surface area contributed by atoms with Gasteiger partial charge in [-0.15, -0.1) is 0 Å². The van der Waals surface area contributed by atoms with Gasteiger partial charge in [-0.3, -0.25) is 4.79 Å². The summed E-state index contributed by atoms with van der Waals surface area (Å²) in [6.07, 6.45) is 5.19. The van der Waals surface area contributed by atoms with E-state index in [0.717, 1.165) is 49.9 Å². The standard InChI is InChI=1S/C29H34N2O2.C2H4O/c1-20-7-6-9-24(17-20)27-19-33-28-18-22(8-4-3-5-16-30)10-15-26(28)29(27)23-11-13-25(14-12-23)31-21(2)32;1-2-3/h6-7,9-15,17-18,27,29H,3-5,8,16,19,30H2,1-2H3,(H,31,32);2-3H,1H2. The maximum atomic E-state index is 11.4. The second kappa shape index (κ2) is 13.5.